The third-order valence-corrected chi connectivity index (χ3v) is 5.06. The summed E-state index contributed by atoms with van der Waals surface area (Å²) in [4.78, 5) is 12.3. The SMILES string of the molecule is COCCNC(=O)c1cc(C)n(Cc2cc(Cl)cc3cc(-c4ccccc4)oc23)n1. The van der Waals surface area contributed by atoms with Gasteiger partial charge in [-0.3, -0.25) is 9.48 Å². The van der Waals surface area contributed by atoms with Crippen molar-refractivity contribution in [1.29, 1.82) is 0 Å². The molecule has 2 aromatic heterocycles. The summed E-state index contributed by atoms with van der Waals surface area (Å²) in [6.45, 7) is 3.24. The zero-order chi connectivity index (χ0) is 21.1. The molecule has 0 spiro atoms. The van der Waals surface area contributed by atoms with E-state index in [-0.39, 0.29) is 5.91 Å². The Morgan fingerprint density at radius 2 is 2.00 bits per heavy atom. The van der Waals surface area contributed by atoms with Gasteiger partial charge in [0.25, 0.3) is 5.91 Å². The maximum atomic E-state index is 12.3. The molecule has 0 unspecified atom stereocenters. The number of benzene rings is 2. The van der Waals surface area contributed by atoms with Crippen molar-refractivity contribution in [2.75, 3.05) is 20.3 Å². The van der Waals surface area contributed by atoms with Crippen molar-refractivity contribution in [1.82, 2.24) is 15.1 Å². The van der Waals surface area contributed by atoms with Gasteiger partial charge in [-0.15, -0.1) is 0 Å². The molecule has 2 heterocycles. The second kappa shape index (κ2) is 8.73. The molecular formula is C23H22ClN3O3. The Bertz CT molecular complexity index is 1180. The number of carbonyl (C=O) groups is 1. The van der Waals surface area contributed by atoms with Gasteiger partial charge < -0.3 is 14.5 Å². The smallest absolute Gasteiger partial charge is 0.271 e. The molecule has 1 N–H and O–H groups in total. The summed E-state index contributed by atoms with van der Waals surface area (Å²) in [5.41, 5.74) is 3.90. The zero-order valence-corrected chi connectivity index (χ0v) is 17.6. The topological polar surface area (TPSA) is 69.3 Å². The third kappa shape index (κ3) is 4.25. The molecule has 0 aliphatic carbocycles. The molecule has 0 aliphatic rings. The highest BCUT2D eigenvalue weighted by molar-refractivity contribution is 6.31. The number of methoxy groups -OCH3 is 1. The first-order valence-corrected chi connectivity index (χ1v) is 10.0. The van der Waals surface area contributed by atoms with E-state index in [1.165, 1.54) is 0 Å². The standard InChI is InChI=1S/C23H22ClN3O3/c1-15-10-20(23(28)25-8-9-29-2)26-27(15)14-18-12-19(24)11-17-13-21(30-22(17)18)16-6-4-3-5-7-16/h3-7,10-13H,8-9,14H2,1-2H3,(H,25,28). The molecule has 154 valence electrons. The van der Waals surface area contributed by atoms with E-state index in [0.29, 0.717) is 30.4 Å². The number of aryl methyl sites for hydroxylation is 1. The predicted octanol–water partition coefficient (Wildman–Crippen LogP) is 4.68. The van der Waals surface area contributed by atoms with Gasteiger partial charge in [-0.25, -0.2) is 0 Å². The quantitative estimate of drug-likeness (QED) is 0.438. The van der Waals surface area contributed by atoms with Crippen molar-refractivity contribution in [3.8, 4) is 11.3 Å². The lowest BCUT2D eigenvalue weighted by Crippen LogP contribution is -2.27. The molecule has 0 saturated heterocycles. The molecule has 0 atom stereocenters. The fourth-order valence-electron chi connectivity index (χ4n) is 3.35. The fourth-order valence-corrected chi connectivity index (χ4v) is 3.60. The highest BCUT2D eigenvalue weighted by Crippen LogP contribution is 2.32. The van der Waals surface area contributed by atoms with Gasteiger partial charge in [0.05, 0.1) is 13.2 Å². The summed E-state index contributed by atoms with van der Waals surface area (Å²) < 4.78 is 12.9. The summed E-state index contributed by atoms with van der Waals surface area (Å²) >= 11 is 6.36. The highest BCUT2D eigenvalue weighted by atomic mass is 35.5. The van der Waals surface area contributed by atoms with Crippen LogP contribution in [0.15, 0.2) is 59.0 Å². The van der Waals surface area contributed by atoms with E-state index in [9.17, 15) is 4.79 Å². The van der Waals surface area contributed by atoms with Crippen molar-refractivity contribution in [3.63, 3.8) is 0 Å². The minimum atomic E-state index is -0.227. The molecule has 0 fully saturated rings. The summed E-state index contributed by atoms with van der Waals surface area (Å²) in [6.07, 6.45) is 0. The predicted molar refractivity (Wildman–Crippen MR) is 117 cm³/mol. The summed E-state index contributed by atoms with van der Waals surface area (Å²) in [5, 5.41) is 8.80. The van der Waals surface area contributed by atoms with Gasteiger partial charge in [-0.2, -0.15) is 5.10 Å². The monoisotopic (exact) mass is 423 g/mol. The minimum Gasteiger partial charge on any atom is -0.456 e. The number of rotatable bonds is 7. The molecule has 0 radical (unpaired) electrons. The highest BCUT2D eigenvalue weighted by Gasteiger charge is 2.16. The summed E-state index contributed by atoms with van der Waals surface area (Å²) in [6, 6.07) is 17.5. The number of nitrogens with zero attached hydrogens (tertiary/aromatic N) is 2. The van der Waals surface area contributed by atoms with Gasteiger partial charge in [0, 0.05) is 40.9 Å². The Morgan fingerprint density at radius 1 is 1.20 bits per heavy atom. The van der Waals surface area contributed by atoms with Gasteiger partial charge in [-0.1, -0.05) is 41.9 Å². The molecule has 0 bridgehead atoms. The van der Waals surface area contributed by atoms with Crippen molar-refractivity contribution in [3.05, 3.63) is 76.6 Å². The average molecular weight is 424 g/mol. The number of ether oxygens (including phenoxy) is 1. The lowest BCUT2D eigenvalue weighted by atomic mass is 10.1. The molecule has 7 heteroatoms. The fraction of sp³-hybridized carbons (Fsp3) is 0.217. The first-order chi connectivity index (χ1) is 14.5. The number of hydrogen-bond donors (Lipinski definition) is 1. The van der Waals surface area contributed by atoms with Crippen LogP contribution in [0.3, 0.4) is 0 Å². The Kier molecular flexibility index (Phi) is 5.88. The third-order valence-electron chi connectivity index (χ3n) is 4.84. The van der Waals surface area contributed by atoms with Crippen molar-refractivity contribution < 1.29 is 13.9 Å². The van der Waals surface area contributed by atoms with Crippen LogP contribution in [0.2, 0.25) is 5.02 Å². The van der Waals surface area contributed by atoms with Crippen LogP contribution in [-0.4, -0.2) is 35.9 Å². The molecule has 30 heavy (non-hydrogen) atoms. The number of nitrogens with one attached hydrogen (secondary N) is 1. The largest absolute Gasteiger partial charge is 0.456 e. The van der Waals surface area contributed by atoms with Gasteiger partial charge in [0.1, 0.15) is 17.0 Å². The molecular weight excluding hydrogens is 402 g/mol. The zero-order valence-electron chi connectivity index (χ0n) is 16.8. The van der Waals surface area contributed by atoms with Gasteiger partial charge in [0.2, 0.25) is 0 Å². The van der Waals surface area contributed by atoms with E-state index in [2.05, 4.69) is 10.4 Å². The van der Waals surface area contributed by atoms with Crippen LogP contribution in [0.4, 0.5) is 0 Å². The molecule has 0 saturated carbocycles. The summed E-state index contributed by atoms with van der Waals surface area (Å²) in [7, 11) is 1.59. The van der Waals surface area contributed by atoms with Crippen LogP contribution in [0.1, 0.15) is 21.7 Å². The lowest BCUT2D eigenvalue weighted by Gasteiger charge is -2.06. The van der Waals surface area contributed by atoms with Gasteiger partial charge >= 0.3 is 0 Å². The normalized spacial score (nSPS) is 11.2. The van der Waals surface area contributed by atoms with E-state index in [1.54, 1.807) is 17.9 Å². The number of fused-ring (bicyclic) bond motifs is 1. The molecule has 0 aliphatic heterocycles. The maximum Gasteiger partial charge on any atom is 0.271 e. The Labute approximate surface area is 179 Å². The van der Waals surface area contributed by atoms with Crippen molar-refractivity contribution >= 4 is 28.5 Å². The van der Waals surface area contributed by atoms with Crippen molar-refractivity contribution in [2.24, 2.45) is 0 Å². The van der Waals surface area contributed by atoms with Crippen molar-refractivity contribution in [2.45, 2.75) is 13.5 Å². The number of amides is 1. The van der Waals surface area contributed by atoms with Crippen LogP contribution >= 0.6 is 11.6 Å². The first kappa shape index (κ1) is 20.2. The Balaban J connectivity index is 1.64. The lowest BCUT2D eigenvalue weighted by molar-refractivity contribution is 0.0931. The maximum absolute atomic E-state index is 12.3. The van der Waals surface area contributed by atoms with Crippen LogP contribution in [0.5, 0.6) is 0 Å². The molecule has 4 aromatic rings. The van der Waals surface area contributed by atoms with Gasteiger partial charge in [0.15, 0.2) is 0 Å². The van der Waals surface area contributed by atoms with Crippen LogP contribution in [0, 0.1) is 6.92 Å². The first-order valence-electron chi connectivity index (χ1n) is 9.64. The Morgan fingerprint density at radius 3 is 2.77 bits per heavy atom. The molecule has 4 rings (SSSR count). The number of hydrogen-bond acceptors (Lipinski definition) is 4. The second-order valence-electron chi connectivity index (χ2n) is 7.04. The average Bonchev–Trinajstić information content (AvgIpc) is 3.33. The minimum absolute atomic E-state index is 0.227. The summed E-state index contributed by atoms with van der Waals surface area (Å²) in [5.74, 6) is 0.555. The number of aromatic nitrogens is 2. The number of carbonyl (C=O) groups excluding carboxylic acids is 1. The van der Waals surface area contributed by atoms with Gasteiger partial charge in [-0.05, 0) is 31.2 Å². The molecule has 1 amide bonds. The molecule has 6 nitrogen and oxygen atoms in total. The number of halogens is 1. The number of furan rings is 1. The van der Waals surface area contributed by atoms with E-state index in [0.717, 1.165) is 33.6 Å². The van der Waals surface area contributed by atoms with Crippen LogP contribution in [0.25, 0.3) is 22.3 Å². The van der Waals surface area contributed by atoms with Crippen LogP contribution < -0.4 is 5.32 Å². The second-order valence-corrected chi connectivity index (χ2v) is 7.47. The van der Waals surface area contributed by atoms with Crippen LogP contribution in [-0.2, 0) is 11.3 Å². The molecule has 2 aromatic carbocycles. The van der Waals surface area contributed by atoms with E-state index in [1.807, 2.05) is 55.5 Å². The van der Waals surface area contributed by atoms with E-state index < -0.39 is 0 Å². The Hall–Kier alpha value is -3.09. The van der Waals surface area contributed by atoms with E-state index >= 15 is 0 Å². The van der Waals surface area contributed by atoms with E-state index in [4.69, 9.17) is 20.8 Å².